The highest BCUT2D eigenvalue weighted by Gasteiger charge is 2.32. The zero-order valence-corrected chi connectivity index (χ0v) is 16.6. The van der Waals surface area contributed by atoms with E-state index in [1.165, 1.54) is 17.3 Å². The number of nitrogens with zero attached hydrogens (tertiary/aromatic N) is 1. The summed E-state index contributed by atoms with van der Waals surface area (Å²) < 4.78 is 0. The number of benzene rings is 1. The van der Waals surface area contributed by atoms with Gasteiger partial charge in [0.2, 0.25) is 17.7 Å². The Morgan fingerprint density at radius 1 is 1.23 bits per heavy atom. The summed E-state index contributed by atoms with van der Waals surface area (Å²) in [5.74, 6) is 0.226. The number of rotatable bonds is 7. The molecule has 0 radical (unpaired) electrons. The summed E-state index contributed by atoms with van der Waals surface area (Å²) in [5, 5.41) is 5.64. The molecule has 0 spiro atoms. The standard InChI is InChI=1S/C19H27N3O3S/c1-12(2)10-22-18(25)9-16(23)21-19(22)26-11-17(24)20-15-7-5-14(6-8-15)13(3)4/h5-8,12-13,19H,9-11H2,1-4H3,(H,20,24)(H,21,23). The third-order valence-corrected chi connectivity index (χ3v) is 5.11. The van der Waals surface area contributed by atoms with E-state index in [1.807, 2.05) is 38.1 Å². The fraction of sp³-hybridized carbons (Fsp3) is 0.526. The van der Waals surface area contributed by atoms with Crippen molar-refractivity contribution < 1.29 is 14.4 Å². The van der Waals surface area contributed by atoms with Crippen LogP contribution in [-0.2, 0) is 14.4 Å². The van der Waals surface area contributed by atoms with E-state index >= 15 is 0 Å². The molecule has 1 aliphatic rings. The van der Waals surface area contributed by atoms with E-state index in [2.05, 4.69) is 24.5 Å². The van der Waals surface area contributed by atoms with E-state index in [4.69, 9.17) is 0 Å². The van der Waals surface area contributed by atoms with Crippen LogP contribution in [0.1, 0.15) is 45.6 Å². The largest absolute Gasteiger partial charge is 0.327 e. The van der Waals surface area contributed by atoms with Crippen molar-refractivity contribution >= 4 is 35.2 Å². The molecule has 1 aromatic carbocycles. The normalized spacial score (nSPS) is 17.6. The predicted molar refractivity (Wildman–Crippen MR) is 105 cm³/mol. The number of carbonyl (C=O) groups is 3. The highest BCUT2D eigenvalue weighted by molar-refractivity contribution is 8.00. The number of hydrogen-bond acceptors (Lipinski definition) is 4. The monoisotopic (exact) mass is 377 g/mol. The Labute approximate surface area is 159 Å². The van der Waals surface area contributed by atoms with Gasteiger partial charge in [0.1, 0.15) is 6.42 Å². The van der Waals surface area contributed by atoms with Crippen molar-refractivity contribution in [3.63, 3.8) is 0 Å². The van der Waals surface area contributed by atoms with Gasteiger partial charge in [0, 0.05) is 12.2 Å². The van der Waals surface area contributed by atoms with E-state index in [1.54, 1.807) is 4.90 Å². The van der Waals surface area contributed by atoms with Gasteiger partial charge >= 0.3 is 0 Å². The number of hydrogen-bond donors (Lipinski definition) is 2. The maximum absolute atomic E-state index is 12.2. The number of thioether (sulfide) groups is 1. The first-order valence-corrected chi connectivity index (χ1v) is 9.91. The molecule has 1 fully saturated rings. The summed E-state index contributed by atoms with van der Waals surface area (Å²) in [6.07, 6.45) is -0.127. The Morgan fingerprint density at radius 3 is 2.46 bits per heavy atom. The van der Waals surface area contributed by atoms with Crippen LogP contribution in [0.4, 0.5) is 5.69 Å². The van der Waals surface area contributed by atoms with Gasteiger partial charge < -0.3 is 15.5 Å². The molecule has 2 rings (SSSR count). The van der Waals surface area contributed by atoms with Crippen molar-refractivity contribution in [1.29, 1.82) is 0 Å². The third kappa shape index (κ3) is 5.76. The van der Waals surface area contributed by atoms with Crippen LogP contribution in [0.25, 0.3) is 0 Å². The second-order valence-electron chi connectivity index (χ2n) is 7.17. The van der Waals surface area contributed by atoms with Gasteiger partial charge in [-0.2, -0.15) is 0 Å². The topological polar surface area (TPSA) is 78.5 Å². The number of amides is 3. The Kier molecular flexibility index (Phi) is 7.08. The van der Waals surface area contributed by atoms with Crippen LogP contribution in [0.5, 0.6) is 0 Å². The number of nitrogens with one attached hydrogen (secondary N) is 2. The highest BCUT2D eigenvalue weighted by Crippen LogP contribution is 2.21. The molecule has 142 valence electrons. The van der Waals surface area contributed by atoms with Gasteiger partial charge in [0.05, 0.1) is 5.75 Å². The molecule has 3 amide bonds. The average Bonchev–Trinajstić information content (AvgIpc) is 2.56. The van der Waals surface area contributed by atoms with Crippen molar-refractivity contribution in [1.82, 2.24) is 10.2 Å². The van der Waals surface area contributed by atoms with Crippen molar-refractivity contribution in [2.45, 2.75) is 45.5 Å². The second kappa shape index (κ2) is 9.07. The van der Waals surface area contributed by atoms with Crippen molar-refractivity contribution in [2.75, 3.05) is 17.6 Å². The maximum atomic E-state index is 12.2. The number of carbonyl (C=O) groups excluding carboxylic acids is 3. The molecule has 1 saturated heterocycles. The molecule has 1 unspecified atom stereocenters. The van der Waals surface area contributed by atoms with Gasteiger partial charge in [-0.1, -0.05) is 39.8 Å². The van der Waals surface area contributed by atoms with Crippen molar-refractivity contribution in [2.24, 2.45) is 5.92 Å². The Balaban J connectivity index is 1.91. The average molecular weight is 378 g/mol. The zero-order valence-electron chi connectivity index (χ0n) is 15.7. The summed E-state index contributed by atoms with van der Waals surface area (Å²) in [4.78, 5) is 37.6. The molecule has 6 nitrogen and oxygen atoms in total. The van der Waals surface area contributed by atoms with Crippen LogP contribution in [0.2, 0.25) is 0 Å². The minimum Gasteiger partial charge on any atom is -0.327 e. The predicted octanol–water partition coefficient (Wildman–Crippen LogP) is 2.77. The molecule has 0 aromatic heterocycles. The fourth-order valence-corrected chi connectivity index (χ4v) is 3.64. The lowest BCUT2D eigenvalue weighted by Crippen LogP contribution is -2.56. The molecular weight excluding hydrogens is 350 g/mol. The molecule has 2 N–H and O–H groups in total. The highest BCUT2D eigenvalue weighted by atomic mass is 32.2. The molecule has 1 heterocycles. The smallest absolute Gasteiger partial charge is 0.234 e. The molecule has 0 saturated carbocycles. The first kappa shape index (κ1) is 20.3. The van der Waals surface area contributed by atoms with E-state index in [9.17, 15) is 14.4 Å². The SMILES string of the molecule is CC(C)CN1C(=O)CC(=O)NC1SCC(=O)Nc1ccc(C(C)C)cc1. The van der Waals surface area contributed by atoms with E-state index < -0.39 is 5.50 Å². The molecule has 7 heteroatoms. The van der Waals surface area contributed by atoms with E-state index in [0.29, 0.717) is 12.5 Å². The molecule has 1 atom stereocenters. The molecule has 1 aromatic rings. The fourth-order valence-electron chi connectivity index (χ4n) is 2.66. The van der Waals surface area contributed by atoms with Gasteiger partial charge in [-0.25, -0.2) is 0 Å². The van der Waals surface area contributed by atoms with E-state index in [0.717, 1.165) is 5.69 Å². The lowest BCUT2D eigenvalue weighted by molar-refractivity contribution is -0.142. The van der Waals surface area contributed by atoms with E-state index in [-0.39, 0.29) is 35.8 Å². The summed E-state index contributed by atoms with van der Waals surface area (Å²) in [6, 6.07) is 7.76. The molecule has 0 aliphatic carbocycles. The summed E-state index contributed by atoms with van der Waals surface area (Å²) >= 11 is 1.25. The van der Waals surface area contributed by atoms with Gasteiger partial charge in [-0.15, -0.1) is 11.8 Å². The Morgan fingerprint density at radius 2 is 1.88 bits per heavy atom. The summed E-state index contributed by atoms with van der Waals surface area (Å²) in [5.41, 5.74) is 1.45. The molecule has 1 aliphatic heterocycles. The number of anilines is 1. The van der Waals surface area contributed by atoms with Gasteiger partial charge in [-0.05, 0) is 29.5 Å². The summed E-state index contributed by atoms with van der Waals surface area (Å²) in [7, 11) is 0. The van der Waals surface area contributed by atoms with Gasteiger partial charge in [0.15, 0.2) is 5.50 Å². The second-order valence-corrected chi connectivity index (χ2v) is 8.24. The maximum Gasteiger partial charge on any atom is 0.234 e. The molecular formula is C19H27N3O3S. The van der Waals surface area contributed by atoms with Crippen LogP contribution in [0.15, 0.2) is 24.3 Å². The Bertz CT molecular complexity index is 658. The quantitative estimate of drug-likeness (QED) is 0.716. The van der Waals surface area contributed by atoms with Crippen LogP contribution in [0.3, 0.4) is 0 Å². The van der Waals surface area contributed by atoms with Crippen molar-refractivity contribution in [3.8, 4) is 0 Å². The minimum atomic E-state index is -0.500. The van der Waals surface area contributed by atoms with Crippen LogP contribution in [0, 0.1) is 5.92 Å². The minimum absolute atomic E-state index is 0.127. The first-order chi connectivity index (χ1) is 12.3. The molecule has 0 bridgehead atoms. The zero-order chi connectivity index (χ0) is 19.3. The van der Waals surface area contributed by atoms with Gasteiger partial charge in [0.25, 0.3) is 0 Å². The van der Waals surface area contributed by atoms with Crippen molar-refractivity contribution in [3.05, 3.63) is 29.8 Å². The first-order valence-electron chi connectivity index (χ1n) is 8.86. The van der Waals surface area contributed by atoms with Crippen LogP contribution >= 0.6 is 11.8 Å². The lowest BCUT2D eigenvalue weighted by atomic mass is 10.0. The summed E-state index contributed by atoms with van der Waals surface area (Å²) in [6.45, 7) is 8.81. The van der Waals surface area contributed by atoms with Gasteiger partial charge in [-0.3, -0.25) is 14.4 Å². The Hall–Kier alpha value is -2.02. The third-order valence-electron chi connectivity index (χ3n) is 3.99. The molecule has 26 heavy (non-hydrogen) atoms. The van der Waals surface area contributed by atoms with Crippen LogP contribution < -0.4 is 10.6 Å². The van der Waals surface area contributed by atoms with Crippen LogP contribution in [-0.4, -0.2) is 40.4 Å². The lowest BCUT2D eigenvalue weighted by Gasteiger charge is -2.36.